The fourth-order valence-electron chi connectivity index (χ4n) is 7.58. The Morgan fingerprint density at radius 3 is 2.35 bits per heavy atom. The Morgan fingerprint density at radius 2 is 1.75 bits per heavy atom. The first-order valence-electron chi connectivity index (χ1n) is 14.5. The summed E-state index contributed by atoms with van der Waals surface area (Å²) < 4.78 is 59.3. The van der Waals surface area contributed by atoms with Crippen molar-refractivity contribution in [3.63, 3.8) is 0 Å². The molecule has 0 aromatic carbocycles. The van der Waals surface area contributed by atoms with E-state index in [9.17, 15) is 27.2 Å². The van der Waals surface area contributed by atoms with Gasteiger partial charge in [-0.05, 0) is 62.6 Å². The number of alkyl halides is 4. The molecule has 4 aliphatic rings. The summed E-state index contributed by atoms with van der Waals surface area (Å²) in [5, 5.41) is 0. The average Bonchev–Trinajstić information content (AvgIpc) is 3.57. The topological polar surface area (TPSA) is 74.0 Å². The van der Waals surface area contributed by atoms with Gasteiger partial charge >= 0.3 is 11.9 Å². The van der Waals surface area contributed by atoms with E-state index in [-0.39, 0.29) is 36.3 Å². The van der Waals surface area contributed by atoms with Crippen molar-refractivity contribution in [2.24, 2.45) is 17.8 Å². The monoisotopic (exact) mass is 566 g/mol. The molecule has 3 unspecified atom stereocenters. The van der Waals surface area contributed by atoms with Gasteiger partial charge in [0, 0.05) is 31.4 Å². The molecule has 2 saturated carbocycles. The fourth-order valence-corrected chi connectivity index (χ4v) is 7.58. The first-order valence-corrected chi connectivity index (χ1v) is 14.5. The van der Waals surface area contributed by atoms with E-state index in [2.05, 4.69) is 22.8 Å². The number of nitrogens with zero attached hydrogens (tertiary/aromatic N) is 4. The van der Waals surface area contributed by atoms with Crippen LogP contribution in [0.25, 0.3) is 5.52 Å². The molecular formula is C28H38F4N6O2. The lowest BCUT2D eigenvalue weighted by atomic mass is 9.65. The average molecular weight is 567 g/mol. The molecule has 1 amide bonds. The van der Waals surface area contributed by atoms with Crippen LogP contribution in [-0.4, -0.2) is 57.3 Å². The summed E-state index contributed by atoms with van der Waals surface area (Å²) in [5.74, 6) is 0.635. The lowest BCUT2D eigenvalue weighted by molar-refractivity contribution is -0.136. The van der Waals surface area contributed by atoms with Gasteiger partial charge in [0.15, 0.2) is 6.17 Å². The van der Waals surface area contributed by atoms with E-state index in [1.165, 1.54) is 41.1 Å². The molecule has 0 radical (unpaired) electrons. The second kappa shape index (κ2) is 10.4. The summed E-state index contributed by atoms with van der Waals surface area (Å²) in [6.45, 7) is 2.46. The number of rotatable bonds is 6. The number of hydrazine groups is 1. The highest BCUT2D eigenvalue weighted by molar-refractivity contribution is 5.83. The van der Waals surface area contributed by atoms with E-state index in [1.807, 2.05) is 0 Å². The molecule has 2 aliphatic carbocycles. The minimum atomic E-state index is -4.70. The van der Waals surface area contributed by atoms with Crippen molar-refractivity contribution in [1.82, 2.24) is 29.6 Å². The van der Waals surface area contributed by atoms with Crippen LogP contribution in [0.4, 0.5) is 17.6 Å². The molecule has 0 bridgehead atoms. The zero-order valence-electron chi connectivity index (χ0n) is 23.0. The number of halogens is 4. The molecule has 8 nitrogen and oxygen atoms in total. The van der Waals surface area contributed by atoms with Crippen LogP contribution in [0.3, 0.4) is 0 Å². The summed E-state index contributed by atoms with van der Waals surface area (Å²) in [4.78, 5) is 29.5. The molecular weight excluding hydrogens is 528 g/mol. The van der Waals surface area contributed by atoms with Gasteiger partial charge in [0.25, 0.3) is 5.91 Å². The van der Waals surface area contributed by atoms with Crippen LogP contribution in [0.1, 0.15) is 81.5 Å². The third kappa shape index (κ3) is 4.75. The standard InChI is InChI=1S/C28H38F4N6O2/c1-16(36-10-9-22(29)26(36)39)19-12-21(28(30,31)32)23-14-37(27(40)38(23)13-19)20-8-4-7-18(11-20)24(17-5-3-6-17)25-34-33-15-35(25)2/h12-14,16-18,20,22,24-25,33-34H,3-11,15H2,1-2H3/t16-,18?,20?,22+,24-,25?/m1/s1. The Labute approximate surface area is 230 Å². The van der Waals surface area contributed by atoms with Gasteiger partial charge in [-0.2, -0.15) is 13.2 Å². The van der Waals surface area contributed by atoms with Gasteiger partial charge in [-0.1, -0.05) is 25.7 Å². The van der Waals surface area contributed by atoms with Crippen molar-refractivity contribution in [1.29, 1.82) is 0 Å². The molecule has 2 aliphatic heterocycles. The maximum atomic E-state index is 14.3. The summed E-state index contributed by atoms with van der Waals surface area (Å²) in [7, 11) is 2.09. The molecule has 40 heavy (non-hydrogen) atoms. The van der Waals surface area contributed by atoms with E-state index in [4.69, 9.17) is 0 Å². The highest BCUT2D eigenvalue weighted by atomic mass is 19.4. The third-order valence-electron chi connectivity index (χ3n) is 9.98. The number of fused-ring (bicyclic) bond motifs is 1. The van der Waals surface area contributed by atoms with Crippen LogP contribution >= 0.6 is 0 Å². The smallest absolute Gasteiger partial charge is 0.333 e. The summed E-state index contributed by atoms with van der Waals surface area (Å²) in [6, 6.07) is 0.0247. The van der Waals surface area contributed by atoms with Gasteiger partial charge in [-0.3, -0.25) is 18.7 Å². The van der Waals surface area contributed by atoms with Gasteiger partial charge in [0.05, 0.1) is 30.0 Å². The van der Waals surface area contributed by atoms with Crippen molar-refractivity contribution in [3.05, 3.63) is 40.1 Å². The molecule has 220 valence electrons. The maximum Gasteiger partial charge on any atom is 0.418 e. The Kier molecular flexibility index (Phi) is 7.23. The molecule has 2 saturated heterocycles. The minimum absolute atomic E-state index is 0.0147. The van der Waals surface area contributed by atoms with Crippen LogP contribution in [-0.2, 0) is 11.0 Å². The zero-order valence-corrected chi connectivity index (χ0v) is 23.0. The molecule has 6 rings (SSSR count). The van der Waals surface area contributed by atoms with E-state index < -0.39 is 35.6 Å². The molecule has 2 N–H and O–H groups in total. The third-order valence-corrected chi connectivity index (χ3v) is 9.98. The minimum Gasteiger partial charge on any atom is -0.333 e. The number of carbonyl (C=O) groups excluding carboxylic acids is 1. The molecule has 2 aromatic rings. The lowest BCUT2D eigenvalue weighted by Crippen LogP contribution is -2.50. The molecule has 0 spiro atoms. The second-order valence-corrected chi connectivity index (χ2v) is 12.3. The quantitative estimate of drug-likeness (QED) is 0.513. The first-order chi connectivity index (χ1) is 19.0. The SMILES string of the molecule is C[C@H](c1cc(C(F)(F)F)c2cn(C3CCCC([C@@H](C4CCC4)C4NNCN4C)C3)c(=O)n2c1)N1CC[C@H](F)C1=O. The molecule has 4 fully saturated rings. The predicted molar refractivity (Wildman–Crippen MR) is 141 cm³/mol. The van der Waals surface area contributed by atoms with Crippen LogP contribution in [0.5, 0.6) is 0 Å². The zero-order chi connectivity index (χ0) is 28.3. The van der Waals surface area contributed by atoms with E-state index in [0.717, 1.165) is 42.8 Å². The van der Waals surface area contributed by atoms with Crippen LogP contribution < -0.4 is 16.5 Å². The van der Waals surface area contributed by atoms with Gasteiger partial charge in [-0.15, -0.1) is 0 Å². The van der Waals surface area contributed by atoms with Gasteiger partial charge < -0.3 is 4.90 Å². The molecule has 4 heterocycles. The van der Waals surface area contributed by atoms with Crippen LogP contribution in [0.2, 0.25) is 0 Å². The largest absolute Gasteiger partial charge is 0.418 e. The number of carbonyl (C=O) groups is 1. The van der Waals surface area contributed by atoms with E-state index in [0.29, 0.717) is 17.8 Å². The normalized spacial score (nSPS) is 30.2. The summed E-state index contributed by atoms with van der Waals surface area (Å²) >= 11 is 0. The molecule has 2 aromatic heterocycles. The van der Waals surface area contributed by atoms with E-state index in [1.54, 1.807) is 6.92 Å². The Hall–Kier alpha value is -2.44. The highest BCUT2D eigenvalue weighted by Crippen LogP contribution is 2.47. The Bertz CT molecular complexity index is 1320. The number of hydrogen-bond acceptors (Lipinski definition) is 5. The number of hydrogen-bond donors (Lipinski definition) is 2. The Morgan fingerprint density at radius 1 is 1.02 bits per heavy atom. The Balaban J connectivity index is 1.34. The summed E-state index contributed by atoms with van der Waals surface area (Å²) in [6.07, 6.45) is 3.66. The summed E-state index contributed by atoms with van der Waals surface area (Å²) in [5.41, 5.74) is 5.23. The second-order valence-electron chi connectivity index (χ2n) is 12.3. The predicted octanol–water partition coefficient (Wildman–Crippen LogP) is 4.22. The number of pyridine rings is 1. The van der Waals surface area contributed by atoms with Gasteiger partial charge in [0.1, 0.15) is 0 Å². The highest BCUT2D eigenvalue weighted by Gasteiger charge is 2.44. The van der Waals surface area contributed by atoms with E-state index >= 15 is 0 Å². The molecule has 12 heteroatoms. The molecule has 6 atom stereocenters. The fraction of sp³-hybridized carbons (Fsp3) is 0.714. The van der Waals surface area contributed by atoms with Crippen molar-refractivity contribution >= 4 is 11.4 Å². The number of amides is 1. The first kappa shape index (κ1) is 27.7. The number of aromatic nitrogens is 2. The van der Waals surface area contributed by atoms with Gasteiger partial charge in [0.2, 0.25) is 0 Å². The van der Waals surface area contributed by atoms with Crippen molar-refractivity contribution in [2.45, 2.75) is 88.9 Å². The number of likely N-dealkylation sites (tertiary alicyclic amines) is 1. The number of nitrogens with one attached hydrogen (secondary N) is 2. The van der Waals surface area contributed by atoms with Crippen LogP contribution in [0.15, 0.2) is 23.3 Å². The van der Waals surface area contributed by atoms with Crippen molar-refractivity contribution in [2.75, 3.05) is 20.3 Å². The van der Waals surface area contributed by atoms with Crippen molar-refractivity contribution < 1.29 is 22.4 Å². The van der Waals surface area contributed by atoms with Gasteiger partial charge in [-0.25, -0.2) is 20.0 Å². The number of imidazole rings is 1. The van der Waals surface area contributed by atoms with Crippen LogP contribution in [0, 0.1) is 17.8 Å². The maximum absolute atomic E-state index is 14.3. The lowest BCUT2D eigenvalue weighted by Gasteiger charge is -2.46. The van der Waals surface area contributed by atoms with Crippen molar-refractivity contribution in [3.8, 4) is 0 Å².